The third-order valence-electron chi connectivity index (χ3n) is 2.68. The van der Waals surface area contributed by atoms with Crippen molar-refractivity contribution < 1.29 is 21.9 Å². The number of rotatable bonds is 4. The first-order valence-corrected chi connectivity index (χ1v) is 7.54. The second kappa shape index (κ2) is 5.99. The Hall–Kier alpha value is -1.04. The second-order valence-electron chi connectivity index (χ2n) is 4.03. The molecule has 21 heavy (non-hydrogen) atoms. The number of alkyl halides is 3. The van der Waals surface area contributed by atoms with Gasteiger partial charge in [0.25, 0.3) is 0 Å². The van der Waals surface area contributed by atoms with Crippen molar-refractivity contribution in [1.29, 1.82) is 0 Å². The lowest BCUT2D eigenvalue weighted by molar-refractivity contribution is -0.147. The Balaban J connectivity index is 2.60. The summed E-state index contributed by atoms with van der Waals surface area (Å²) in [6.45, 7) is 1.21. The van der Waals surface area contributed by atoms with Gasteiger partial charge >= 0.3 is 6.18 Å². The first-order chi connectivity index (χ1) is 9.74. The molecule has 0 aromatic carbocycles. The van der Waals surface area contributed by atoms with Gasteiger partial charge in [0.1, 0.15) is 5.52 Å². The summed E-state index contributed by atoms with van der Waals surface area (Å²) in [5, 5.41) is 0. The van der Waals surface area contributed by atoms with Gasteiger partial charge in [-0.25, -0.2) is 14.2 Å². The SMILES string of the molecule is CCN(Cn1c(C(F)(F)F)nc2cc(Br)cnc21)S(=O)O. The van der Waals surface area contributed by atoms with Gasteiger partial charge in [-0.15, -0.1) is 0 Å². The minimum Gasteiger partial charge on any atom is -0.294 e. The molecule has 0 fully saturated rings. The molecule has 0 amide bonds. The molecule has 0 bridgehead atoms. The fourth-order valence-electron chi connectivity index (χ4n) is 1.75. The maximum Gasteiger partial charge on any atom is 0.449 e. The van der Waals surface area contributed by atoms with Crippen LogP contribution in [0.1, 0.15) is 12.7 Å². The number of fused-ring (bicyclic) bond motifs is 1. The maximum atomic E-state index is 13.1. The summed E-state index contributed by atoms with van der Waals surface area (Å²) in [6, 6.07) is 1.40. The summed E-state index contributed by atoms with van der Waals surface area (Å²) in [5.74, 6) is -1.16. The van der Waals surface area contributed by atoms with Gasteiger partial charge in [0.2, 0.25) is 17.1 Å². The highest BCUT2D eigenvalue weighted by molar-refractivity contribution is 9.10. The van der Waals surface area contributed by atoms with Crippen molar-refractivity contribution in [3.05, 3.63) is 22.6 Å². The van der Waals surface area contributed by atoms with E-state index >= 15 is 0 Å². The zero-order valence-corrected chi connectivity index (χ0v) is 13.0. The molecule has 2 aromatic heterocycles. The molecule has 11 heteroatoms. The van der Waals surface area contributed by atoms with E-state index in [1.54, 1.807) is 6.92 Å². The van der Waals surface area contributed by atoms with Crippen LogP contribution in [0.25, 0.3) is 11.2 Å². The molecule has 0 aliphatic heterocycles. The summed E-state index contributed by atoms with van der Waals surface area (Å²) in [7, 11) is 0. The summed E-state index contributed by atoms with van der Waals surface area (Å²) < 4.78 is 61.6. The Bertz CT molecular complexity index is 691. The number of aromatic nitrogens is 3. The van der Waals surface area contributed by atoms with E-state index in [-0.39, 0.29) is 17.7 Å². The zero-order chi connectivity index (χ0) is 15.8. The highest BCUT2D eigenvalue weighted by Crippen LogP contribution is 2.31. The van der Waals surface area contributed by atoms with Crippen molar-refractivity contribution in [3.63, 3.8) is 0 Å². The van der Waals surface area contributed by atoms with Crippen LogP contribution < -0.4 is 0 Å². The lowest BCUT2D eigenvalue weighted by Gasteiger charge is -2.18. The first kappa shape index (κ1) is 16.3. The van der Waals surface area contributed by atoms with E-state index in [9.17, 15) is 17.4 Å². The highest BCUT2D eigenvalue weighted by Gasteiger charge is 2.38. The molecule has 2 rings (SSSR count). The van der Waals surface area contributed by atoms with Crippen LogP contribution in [0.15, 0.2) is 16.7 Å². The van der Waals surface area contributed by atoms with Crippen LogP contribution >= 0.6 is 15.9 Å². The predicted octanol–water partition coefficient (Wildman–Crippen LogP) is 2.63. The van der Waals surface area contributed by atoms with Crippen LogP contribution in [0.4, 0.5) is 13.2 Å². The first-order valence-electron chi connectivity index (χ1n) is 5.69. The van der Waals surface area contributed by atoms with Crippen LogP contribution in [0.2, 0.25) is 0 Å². The maximum absolute atomic E-state index is 13.1. The molecule has 1 atom stereocenters. The van der Waals surface area contributed by atoms with Crippen LogP contribution in [-0.2, 0) is 24.1 Å². The van der Waals surface area contributed by atoms with E-state index in [1.165, 1.54) is 12.3 Å². The van der Waals surface area contributed by atoms with E-state index in [2.05, 4.69) is 25.9 Å². The Morgan fingerprint density at radius 3 is 2.71 bits per heavy atom. The quantitative estimate of drug-likeness (QED) is 0.819. The average Bonchev–Trinajstić information content (AvgIpc) is 2.73. The lowest BCUT2D eigenvalue weighted by atomic mass is 10.4. The monoisotopic (exact) mass is 386 g/mol. The minimum atomic E-state index is -4.69. The highest BCUT2D eigenvalue weighted by atomic mass is 79.9. The van der Waals surface area contributed by atoms with Gasteiger partial charge in [0.05, 0.1) is 6.67 Å². The molecule has 6 nitrogen and oxygen atoms in total. The van der Waals surface area contributed by atoms with Crippen LogP contribution in [-0.4, -0.2) is 34.1 Å². The van der Waals surface area contributed by atoms with Crippen LogP contribution in [0.3, 0.4) is 0 Å². The topological polar surface area (TPSA) is 71.2 Å². The van der Waals surface area contributed by atoms with Crippen LogP contribution in [0, 0.1) is 0 Å². The summed E-state index contributed by atoms with van der Waals surface area (Å²) in [5.41, 5.74) is 0.0471. The molecule has 0 radical (unpaired) electrons. The van der Waals surface area contributed by atoms with E-state index in [0.29, 0.717) is 4.47 Å². The fourth-order valence-corrected chi connectivity index (χ4v) is 2.51. The molecule has 2 aromatic rings. The number of halogens is 4. The van der Waals surface area contributed by atoms with Crippen molar-refractivity contribution in [2.45, 2.75) is 19.8 Å². The van der Waals surface area contributed by atoms with Crippen molar-refractivity contribution in [2.24, 2.45) is 0 Å². The van der Waals surface area contributed by atoms with E-state index in [4.69, 9.17) is 4.55 Å². The summed E-state index contributed by atoms with van der Waals surface area (Å²) in [4.78, 5) is 7.44. The van der Waals surface area contributed by atoms with Gasteiger partial charge in [-0.3, -0.25) is 9.12 Å². The molecular weight excluding hydrogens is 377 g/mol. The largest absolute Gasteiger partial charge is 0.449 e. The Labute approximate surface area is 128 Å². The smallest absolute Gasteiger partial charge is 0.294 e. The van der Waals surface area contributed by atoms with Gasteiger partial charge in [0.15, 0.2) is 5.65 Å². The molecule has 0 aliphatic rings. The number of nitrogens with zero attached hydrogens (tertiary/aromatic N) is 4. The minimum absolute atomic E-state index is 0.00516. The lowest BCUT2D eigenvalue weighted by Crippen LogP contribution is -2.30. The van der Waals surface area contributed by atoms with Gasteiger partial charge in [-0.2, -0.15) is 17.5 Å². The van der Waals surface area contributed by atoms with Crippen molar-refractivity contribution >= 4 is 38.4 Å². The number of imidazole rings is 1. The standard InChI is InChI=1S/C10H10BrF3N4O2S/c1-2-17(21(19)20)5-18-8-7(3-6(11)4-15-8)16-9(18)10(12,13)14/h3-4H,2,5H2,1H3,(H,19,20). The van der Waals surface area contributed by atoms with Gasteiger partial charge < -0.3 is 0 Å². The molecule has 0 saturated carbocycles. The molecule has 1 unspecified atom stereocenters. The zero-order valence-electron chi connectivity index (χ0n) is 10.6. The van der Waals surface area contributed by atoms with Gasteiger partial charge in [-0.1, -0.05) is 6.92 Å². The van der Waals surface area contributed by atoms with E-state index in [1.807, 2.05) is 0 Å². The van der Waals surface area contributed by atoms with Crippen LogP contribution in [0.5, 0.6) is 0 Å². The number of pyridine rings is 1. The average molecular weight is 387 g/mol. The number of hydrogen-bond acceptors (Lipinski definition) is 3. The Morgan fingerprint density at radius 1 is 1.52 bits per heavy atom. The Morgan fingerprint density at radius 2 is 2.19 bits per heavy atom. The predicted molar refractivity (Wildman–Crippen MR) is 73.4 cm³/mol. The van der Waals surface area contributed by atoms with E-state index in [0.717, 1.165) is 8.87 Å². The third kappa shape index (κ3) is 3.42. The molecule has 0 saturated heterocycles. The molecule has 116 valence electrons. The van der Waals surface area contributed by atoms with Crippen molar-refractivity contribution in [3.8, 4) is 0 Å². The Kier molecular flexibility index (Phi) is 4.66. The molecule has 2 heterocycles. The molecule has 1 N–H and O–H groups in total. The summed E-state index contributed by atoms with van der Waals surface area (Å²) in [6.07, 6.45) is -3.35. The van der Waals surface area contributed by atoms with Gasteiger partial charge in [-0.05, 0) is 22.0 Å². The van der Waals surface area contributed by atoms with Gasteiger partial charge in [0, 0.05) is 17.2 Å². The fraction of sp³-hybridized carbons (Fsp3) is 0.400. The third-order valence-corrected chi connectivity index (χ3v) is 3.93. The van der Waals surface area contributed by atoms with Crippen molar-refractivity contribution in [2.75, 3.05) is 6.54 Å². The second-order valence-corrected chi connectivity index (χ2v) is 5.92. The van der Waals surface area contributed by atoms with Crippen molar-refractivity contribution in [1.82, 2.24) is 18.8 Å². The molecule has 0 aliphatic carbocycles. The number of hydrogen-bond donors (Lipinski definition) is 1. The van der Waals surface area contributed by atoms with E-state index < -0.39 is 29.9 Å². The summed E-state index contributed by atoms with van der Waals surface area (Å²) >= 11 is 0.722. The molecule has 0 spiro atoms. The molecular formula is C10H10BrF3N4O2S. The normalized spacial score (nSPS) is 14.0.